The Morgan fingerprint density at radius 2 is 1.95 bits per heavy atom. The molecule has 0 saturated carbocycles. The normalized spacial score (nSPS) is 10.8. The van der Waals surface area contributed by atoms with Crippen molar-refractivity contribution in [3.8, 4) is 0 Å². The van der Waals surface area contributed by atoms with Gasteiger partial charge in [0.05, 0.1) is 33.0 Å². The molecule has 2 heterocycles. The second-order valence-corrected chi connectivity index (χ2v) is 5.38. The van der Waals surface area contributed by atoms with E-state index in [-0.39, 0.29) is 5.56 Å². The van der Waals surface area contributed by atoms with Gasteiger partial charge < -0.3 is 10.4 Å². The lowest BCUT2D eigenvalue weighted by atomic mass is 10.2. The van der Waals surface area contributed by atoms with Crippen LogP contribution < -0.4 is 5.32 Å². The van der Waals surface area contributed by atoms with E-state index in [4.69, 9.17) is 28.3 Å². The van der Waals surface area contributed by atoms with E-state index in [1.165, 1.54) is 12.3 Å². The summed E-state index contributed by atoms with van der Waals surface area (Å²) in [6.45, 7) is 0. The first kappa shape index (κ1) is 14.0. The van der Waals surface area contributed by atoms with Crippen LogP contribution >= 0.6 is 34.9 Å². The summed E-state index contributed by atoms with van der Waals surface area (Å²) in [5.74, 6) is -0.594. The standard InChI is InChI=1S/C12H6Cl2N4O2S/c13-6-3-7(14)10-11(18-21-17-10)9(6)16-8-2-1-5(4-15-8)12(19)20/h1-4H,(H,15,16)(H,19,20). The van der Waals surface area contributed by atoms with E-state index in [2.05, 4.69) is 19.0 Å². The summed E-state index contributed by atoms with van der Waals surface area (Å²) in [6.07, 6.45) is 1.25. The molecule has 0 saturated heterocycles. The van der Waals surface area contributed by atoms with Crippen molar-refractivity contribution in [3.63, 3.8) is 0 Å². The number of halogens is 2. The first-order valence-corrected chi connectivity index (χ1v) is 7.11. The average Bonchev–Trinajstić information content (AvgIpc) is 2.93. The zero-order valence-electron chi connectivity index (χ0n) is 10.2. The van der Waals surface area contributed by atoms with Crippen molar-refractivity contribution in [1.82, 2.24) is 13.7 Å². The van der Waals surface area contributed by atoms with Crippen molar-refractivity contribution >= 4 is 63.4 Å². The SMILES string of the molecule is O=C(O)c1ccc(Nc2c(Cl)cc(Cl)c3nsnc23)nc1. The Balaban J connectivity index is 2.01. The number of aromatic nitrogens is 3. The van der Waals surface area contributed by atoms with Gasteiger partial charge in [0.1, 0.15) is 16.9 Å². The molecule has 0 atom stereocenters. The van der Waals surface area contributed by atoms with Crippen LogP contribution in [0, 0.1) is 0 Å². The Morgan fingerprint density at radius 1 is 1.19 bits per heavy atom. The molecule has 21 heavy (non-hydrogen) atoms. The fourth-order valence-electron chi connectivity index (χ4n) is 1.72. The van der Waals surface area contributed by atoms with Gasteiger partial charge in [-0.3, -0.25) is 0 Å². The second kappa shape index (κ2) is 5.44. The summed E-state index contributed by atoms with van der Waals surface area (Å²) >= 11 is 13.2. The summed E-state index contributed by atoms with van der Waals surface area (Å²) in [5, 5.41) is 12.6. The maximum Gasteiger partial charge on any atom is 0.337 e. The predicted octanol–water partition coefficient (Wildman–Crippen LogP) is 3.83. The summed E-state index contributed by atoms with van der Waals surface area (Å²) in [7, 11) is 0. The third-order valence-corrected chi connectivity index (χ3v) is 3.82. The highest BCUT2D eigenvalue weighted by Gasteiger charge is 2.14. The van der Waals surface area contributed by atoms with Gasteiger partial charge in [0.15, 0.2) is 0 Å². The van der Waals surface area contributed by atoms with Crippen LogP contribution in [0.4, 0.5) is 11.5 Å². The van der Waals surface area contributed by atoms with E-state index in [9.17, 15) is 4.79 Å². The Kier molecular flexibility index (Phi) is 3.62. The summed E-state index contributed by atoms with van der Waals surface area (Å²) in [5.41, 5.74) is 1.72. The molecule has 2 N–H and O–H groups in total. The number of aromatic carboxylic acids is 1. The van der Waals surface area contributed by atoms with Gasteiger partial charge in [-0.1, -0.05) is 23.2 Å². The molecule has 9 heteroatoms. The van der Waals surface area contributed by atoms with Crippen LogP contribution in [0.25, 0.3) is 11.0 Å². The molecule has 0 aliphatic carbocycles. The number of fused-ring (bicyclic) bond motifs is 1. The van der Waals surface area contributed by atoms with Crippen LogP contribution in [0.5, 0.6) is 0 Å². The van der Waals surface area contributed by atoms with Gasteiger partial charge in [0.2, 0.25) is 0 Å². The number of carboxylic acid groups (broad SMARTS) is 1. The number of pyridine rings is 1. The van der Waals surface area contributed by atoms with Gasteiger partial charge in [-0.15, -0.1) is 0 Å². The summed E-state index contributed by atoms with van der Waals surface area (Å²) < 4.78 is 8.26. The van der Waals surface area contributed by atoms with Crippen LogP contribution in [-0.2, 0) is 0 Å². The predicted molar refractivity (Wildman–Crippen MR) is 81.9 cm³/mol. The molecule has 0 spiro atoms. The summed E-state index contributed by atoms with van der Waals surface area (Å²) in [4.78, 5) is 14.8. The van der Waals surface area contributed by atoms with Crippen molar-refractivity contribution in [1.29, 1.82) is 0 Å². The van der Waals surface area contributed by atoms with Gasteiger partial charge in [0, 0.05) is 6.20 Å². The smallest absolute Gasteiger partial charge is 0.337 e. The molecule has 2 aromatic heterocycles. The molecule has 0 unspecified atom stereocenters. The lowest BCUT2D eigenvalue weighted by molar-refractivity contribution is 0.0696. The maximum absolute atomic E-state index is 10.8. The second-order valence-electron chi connectivity index (χ2n) is 4.04. The topological polar surface area (TPSA) is 88.0 Å². The molecule has 1 aromatic carbocycles. The van der Waals surface area contributed by atoms with Gasteiger partial charge in [0.25, 0.3) is 0 Å². The number of rotatable bonds is 3. The van der Waals surface area contributed by atoms with Crippen molar-refractivity contribution in [2.75, 3.05) is 5.32 Å². The van der Waals surface area contributed by atoms with Crippen LogP contribution in [0.1, 0.15) is 10.4 Å². The van der Waals surface area contributed by atoms with Crippen LogP contribution in [0.15, 0.2) is 24.4 Å². The van der Waals surface area contributed by atoms with Gasteiger partial charge in [-0.25, -0.2) is 9.78 Å². The monoisotopic (exact) mass is 340 g/mol. The average molecular weight is 341 g/mol. The molecule has 0 fully saturated rings. The number of hydrogen-bond donors (Lipinski definition) is 2. The molecular formula is C12H6Cl2N4O2S. The van der Waals surface area contributed by atoms with Crippen molar-refractivity contribution in [2.24, 2.45) is 0 Å². The van der Waals surface area contributed by atoms with E-state index >= 15 is 0 Å². The summed E-state index contributed by atoms with van der Waals surface area (Å²) in [6, 6.07) is 4.55. The molecule has 0 bridgehead atoms. The maximum atomic E-state index is 10.8. The lowest BCUT2D eigenvalue weighted by Gasteiger charge is -2.09. The minimum atomic E-state index is -1.04. The minimum Gasteiger partial charge on any atom is -0.478 e. The highest BCUT2D eigenvalue weighted by Crippen LogP contribution is 2.36. The number of hydrogen-bond acceptors (Lipinski definition) is 6. The molecule has 0 aliphatic heterocycles. The fourth-order valence-corrected chi connectivity index (χ4v) is 2.87. The van der Waals surface area contributed by atoms with Crippen LogP contribution in [0.2, 0.25) is 10.0 Å². The highest BCUT2D eigenvalue weighted by atomic mass is 35.5. The van der Waals surface area contributed by atoms with E-state index in [1.54, 1.807) is 12.1 Å². The number of benzene rings is 1. The molecule has 0 radical (unpaired) electrons. The number of nitrogens with zero attached hydrogens (tertiary/aromatic N) is 3. The third kappa shape index (κ3) is 2.63. The van der Waals surface area contributed by atoms with Crippen LogP contribution in [0.3, 0.4) is 0 Å². The number of carboxylic acids is 1. The van der Waals surface area contributed by atoms with Gasteiger partial charge in [-0.05, 0) is 18.2 Å². The molecule has 3 rings (SSSR count). The van der Waals surface area contributed by atoms with E-state index in [0.29, 0.717) is 32.6 Å². The molecular weight excluding hydrogens is 335 g/mol. The minimum absolute atomic E-state index is 0.100. The van der Waals surface area contributed by atoms with E-state index < -0.39 is 5.97 Å². The zero-order valence-corrected chi connectivity index (χ0v) is 12.5. The lowest BCUT2D eigenvalue weighted by Crippen LogP contribution is -2.00. The highest BCUT2D eigenvalue weighted by molar-refractivity contribution is 7.00. The third-order valence-electron chi connectivity index (χ3n) is 2.71. The van der Waals surface area contributed by atoms with Crippen molar-refractivity contribution in [3.05, 3.63) is 40.0 Å². The molecule has 106 valence electrons. The van der Waals surface area contributed by atoms with E-state index in [0.717, 1.165) is 11.7 Å². The van der Waals surface area contributed by atoms with Gasteiger partial charge >= 0.3 is 5.97 Å². The quantitative estimate of drug-likeness (QED) is 0.753. The number of nitrogens with one attached hydrogen (secondary N) is 1. The molecule has 6 nitrogen and oxygen atoms in total. The molecule has 3 aromatic rings. The Hall–Kier alpha value is -1.96. The Labute approximate surface area is 132 Å². The largest absolute Gasteiger partial charge is 0.478 e. The van der Waals surface area contributed by atoms with Gasteiger partial charge in [-0.2, -0.15) is 8.75 Å². The first-order valence-electron chi connectivity index (χ1n) is 5.63. The van der Waals surface area contributed by atoms with Crippen LogP contribution in [-0.4, -0.2) is 24.8 Å². The number of anilines is 2. The fraction of sp³-hybridized carbons (Fsp3) is 0. The Morgan fingerprint density at radius 3 is 2.62 bits per heavy atom. The van der Waals surface area contributed by atoms with E-state index in [1.807, 2.05) is 0 Å². The first-order chi connectivity index (χ1) is 10.1. The Bertz CT molecular complexity index is 835. The van der Waals surface area contributed by atoms with Crippen molar-refractivity contribution < 1.29 is 9.90 Å². The molecule has 0 amide bonds. The zero-order chi connectivity index (χ0) is 15.0. The van der Waals surface area contributed by atoms with Crippen molar-refractivity contribution in [2.45, 2.75) is 0 Å². The molecule has 0 aliphatic rings. The number of carbonyl (C=O) groups is 1.